The number of pyridine rings is 1. The first-order valence-electron chi connectivity index (χ1n) is 9.41. The molecule has 27 heavy (non-hydrogen) atoms. The number of hydrogen-bond acceptors (Lipinski definition) is 3. The van der Waals surface area contributed by atoms with E-state index in [1.165, 1.54) is 12.8 Å². The number of para-hydroxylation sites is 2. The second-order valence-electron chi connectivity index (χ2n) is 6.71. The quantitative estimate of drug-likeness (QED) is 0.333. The van der Waals surface area contributed by atoms with E-state index in [1.807, 2.05) is 54.7 Å². The lowest BCUT2D eigenvalue weighted by atomic mass is 10.2. The second kappa shape index (κ2) is 7.62. The zero-order valence-electron chi connectivity index (χ0n) is 15.4. The number of aryl methyl sites for hydroxylation is 1. The van der Waals surface area contributed by atoms with Crippen LogP contribution in [0.5, 0.6) is 5.75 Å². The van der Waals surface area contributed by atoms with Crippen LogP contribution < -0.4 is 4.74 Å². The molecule has 0 saturated heterocycles. The Morgan fingerprint density at radius 2 is 1.89 bits per heavy atom. The van der Waals surface area contributed by atoms with Gasteiger partial charge in [-0.2, -0.15) is 0 Å². The monoisotopic (exact) mass is 358 g/mol. The Labute approximate surface area is 158 Å². The number of aromatic nitrogens is 2. The first kappa shape index (κ1) is 17.3. The topological polar surface area (TPSA) is 44.1 Å². The molecule has 0 radical (unpaired) electrons. The van der Waals surface area contributed by atoms with Crippen molar-refractivity contribution in [3.63, 3.8) is 0 Å². The minimum absolute atomic E-state index is 0.350. The van der Waals surface area contributed by atoms with Crippen molar-refractivity contribution in [3.8, 4) is 5.75 Å². The molecule has 136 valence electrons. The standard InChI is InChI=1S/C23H22N2O2/c1-2-3-8-13-25-16-20(19-10-5-7-12-22(19)25)23(26)27-18-14-17-9-4-6-11-21(17)24-15-18/h4-7,9-12,14-16H,2-3,8,13H2,1H3. The van der Waals surface area contributed by atoms with Crippen LogP contribution in [-0.2, 0) is 6.54 Å². The number of carbonyl (C=O) groups is 1. The van der Waals surface area contributed by atoms with Gasteiger partial charge in [0.1, 0.15) is 5.75 Å². The maximum absolute atomic E-state index is 12.8. The molecule has 4 heteroatoms. The van der Waals surface area contributed by atoms with Crippen LogP contribution in [0.15, 0.2) is 67.0 Å². The Bertz CT molecular complexity index is 1100. The number of benzene rings is 2. The summed E-state index contributed by atoms with van der Waals surface area (Å²) in [6, 6.07) is 17.6. The summed E-state index contributed by atoms with van der Waals surface area (Å²) in [5, 5.41) is 1.87. The van der Waals surface area contributed by atoms with Crippen LogP contribution in [-0.4, -0.2) is 15.5 Å². The van der Waals surface area contributed by atoms with Crippen molar-refractivity contribution >= 4 is 27.8 Å². The fourth-order valence-electron chi connectivity index (χ4n) is 3.40. The summed E-state index contributed by atoms with van der Waals surface area (Å²) < 4.78 is 7.79. The maximum Gasteiger partial charge on any atom is 0.345 e. The minimum Gasteiger partial charge on any atom is -0.421 e. The molecule has 0 bridgehead atoms. The molecule has 0 aliphatic heterocycles. The average molecular weight is 358 g/mol. The summed E-state index contributed by atoms with van der Waals surface area (Å²) in [6.07, 6.45) is 6.95. The van der Waals surface area contributed by atoms with Gasteiger partial charge in [0.2, 0.25) is 0 Å². The lowest BCUT2D eigenvalue weighted by Gasteiger charge is -2.04. The van der Waals surface area contributed by atoms with Gasteiger partial charge in [0.15, 0.2) is 0 Å². The van der Waals surface area contributed by atoms with Gasteiger partial charge in [-0.05, 0) is 24.6 Å². The molecule has 4 rings (SSSR count). The number of ether oxygens (including phenoxy) is 1. The molecule has 4 nitrogen and oxygen atoms in total. The molecule has 0 spiro atoms. The van der Waals surface area contributed by atoms with Gasteiger partial charge in [0, 0.05) is 29.0 Å². The number of hydrogen-bond donors (Lipinski definition) is 0. The molecule has 2 heterocycles. The third kappa shape index (κ3) is 3.56. The molecule has 0 saturated carbocycles. The molecule has 0 unspecified atom stereocenters. The van der Waals surface area contributed by atoms with Crippen molar-refractivity contribution in [2.24, 2.45) is 0 Å². The van der Waals surface area contributed by atoms with Gasteiger partial charge < -0.3 is 9.30 Å². The van der Waals surface area contributed by atoms with Gasteiger partial charge in [-0.15, -0.1) is 0 Å². The second-order valence-corrected chi connectivity index (χ2v) is 6.71. The molecule has 0 fully saturated rings. The van der Waals surface area contributed by atoms with Gasteiger partial charge in [0.25, 0.3) is 0 Å². The zero-order valence-corrected chi connectivity index (χ0v) is 15.4. The van der Waals surface area contributed by atoms with E-state index < -0.39 is 0 Å². The highest BCUT2D eigenvalue weighted by molar-refractivity contribution is 6.05. The Morgan fingerprint density at radius 1 is 1.07 bits per heavy atom. The fraction of sp³-hybridized carbons (Fsp3) is 0.217. The largest absolute Gasteiger partial charge is 0.421 e. The predicted octanol–water partition coefficient (Wildman–Crippen LogP) is 5.60. The Kier molecular flexibility index (Phi) is 4.88. The molecule has 0 atom stereocenters. The van der Waals surface area contributed by atoms with Crippen molar-refractivity contribution < 1.29 is 9.53 Å². The predicted molar refractivity (Wildman–Crippen MR) is 108 cm³/mol. The van der Waals surface area contributed by atoms with Crippen LogP contribution in [0.4, 0.5) is 0 Å². The van der Waals surface area contributed by atoms with Crippen LogP contribution in [0.1, 0.15) is 36.5 Å². The molecule has 2 aromatic heterocycles. The van der Waals surface area contributed by atoms with E-state index in [4.69, 9.17) is 4.74 Å². The van der Waals surface area contributed by atoms with Gasteiger partial charge in [0.05, 0.1) is 17.3 Å². The number of unbranched alkanes of at least 4 members (excludes halogenated alkanes) is 2. The summed E-state index contributed by atoms with van der Waals surface area (Å²) in [5.74, 6) is 0.110. The molecular weight excluding hydrogens is 336 g/mol. The number of carbonyl (C=O) groups excluding carboxylic acids is 1. The zero-order chi connectivity index (χ0) is 18.6. The van der Waals surface area contributed by atoms with E-state index in [0.29, 0.717) is 11.3 Å². The summed E-state index contributed by atoms with van der Waals surface area (Å²) in [5.41, 5.74) is 2.54. The Balaban J connectivity index is 1.63. The smallest absolute Gasteiger partial charge is 0.345 e. The number of fused-ring (bicyclic) bond motifs is 2. The molecular formula is C23H22N2O2. The van der Waals surface area contributed by atoms with Crippen LogP contribution >= 0.6 is 0 Å². The molecule has 2 aromatic carbocycles. The van der Waals surface area contributed by atoms with E-state index in [-0.39, 0.29) is 5.97 Å². The maximum atomic E-state index is 12.8. The SMILES string of the molecule is CCCCCn1cc(C(=O)Oc2cnc3ccccc3c2)c2ccccc21. The van der Waals surface area contributed by atoms with Crippen molar-refractivity contribution in [1.29, 1.82) is 0 Å². The summed E-state index contributed by atoms with van der Waals surface area (Å²) >= 11 is 0. The van der Waals surface area contributed by atoms with Crippen LogP contribution in [0.3, 0.4) is 0 Å². The molecule has 0 N–H and O–H groups in total. The Hall–Kier alpha value is -3.14. The molecule has 0 aliphatic carbocycles. The summed E-state index contributed by atoms with van der Waals surface area (Å²) in [6.45, 7) is 3.09. The van der Waals surface area contributed by atoms with E-state index in [9.17, 15) is 4.79 Å². The highest BCUT2D eigenvalue weighted by atomic mass is 16.5. The van der Waals surface area contributed by atoms with Gasteiger partial charge >= 0.3 is 5.97 Å². The highest BCUT2D eigenvalue weighted by Gasteiger charge is 2.17. The first-order valence-corrected chi connectivity index (χ1v) is 9.41. The Morgan fingerprint density at radius 3 is 2.78 bits per heavy atom. The average Bonchev–Trinajstić information content (AvgIpc) is 3.07. The number of esters is 1. The van der Waals surface area contributed by atoms with Crippen molar-refractivity contribution in [2.75, 3.05) is 0 Å². The van der Waals surface area contributed by atoms with Crippen LogP contribution in [0.2, 0.25) is 0 Å². The molecule has 0 amide bonds. The van der Waals surface area contributed by atoms with Crippen LogP contribution in [0, 0.1) is 0 Å². The number of nitrogens with zero attached hydrogens (tertiary/aromatic N) is 2. The molecule has 4 aromatic rings. The highest BCUT2D eigenvalue weighted by Crippen LogP contribution is 2.25. The minimum atomic E-state index is -0.350. The summed E-state index contributed by atoms with van der Waals surface area (Å²) in [7, 11) is 0. The third-order valence-corrected chi connectivity index (χ3v) is 4.79. The normalized spacial score (nSPS) is 11.1. The van der Waals surface area contributed by atoms with Crippen LogP contribution in [0.25, 0.3) is 21.8 Å². The number of rotatable bonds is 6. The van der Waals surface area contributed by atoms with Crippen molar-refractivity contribution in [2.45, 2.75) is 32.7 Å². The van der Waals surface area contributed by atoms with Gasteiger partial charge in [-0.1, -0.05) is 56.2 Å². The van der Waals surface area contributed by atoms with E-state index in [0.717, 1.165) is 34.8 Å². The summed E-state index contributed by atoms with van der Waals surface area (Å²) in [4.78, 5) is 17.2. The van der Waals surface area contributed by atoms with Gasteiger partial charge in [-0.3, -0.25) is 4.98 Å². The van der Waals surface area contributed by atoms with E-state index >= 15 is 0 Å². The van der Waals surface area contributed by atoms with Crippen molar-refractivity contribution in [1.82, 2.24) is 9.55 Å². The third-order valence-electron chi connectivity index (χ3n) is 4.79. The van der Waals surface area contributed by atoms with E-state index in [1.54, 1.807) is 6.20 Å². The van der Waals surface area contributed by atoms with E-state index in [2.05, 4.69) is 22.5 Å². The van der Waals surface area contributed by atoms with Gasteiger partial charge in [-0.25, -0.2) is 4.79 Å². The van der Waals surface area contributed by atoms with Crippen molar-refractivity contribution in [3.05, 3.63) is 72.6 Å². The first-order chi connectivity index (χ1) is 13.3. The fourth-order valence-corrected chi connectivity index (χ4v) is 3.40. The lowest BCUT2D eigenvalue weighted by molar-refractivity contribution is 0.0736. The lowest BCUT2D eigenvalue weighted by Crippen LogP contribution is -2.08. The molecule has 0 aliphatic rings.